The van der Waals surface area contributed by atoms with E-state index < -0.39 is 0 Å². The minimum Gasteiger partial charge on any atom is -0.359 e. The number of hydrogen-bond acceptors (Lipinski definition) is 1. The molecule has 0 radical (unpaired) electrons. The number of hydrogen-bond donors (Lipinski definition) is 1. The summed E-state index contributed by atoms with van der Waals surface area (Å²) in [6, 6.07) is 8.48. The molecule has 0 unspecified atom stereocenters. The second-order valence-corrected chi connectivity index (χ2v) is 5.44. The van der Waals surface area contributed by atoms with E-state index in [4.69, 9.17) is 5.41 Å². The summed E-state index contributed by atoms with van der Waals surface area (Å²) in [5.41, 5.74) is 2.44. The number of rotatable bonds is 2. The van der Waals surface area contributed by atoms with Gasteiger partial charge in [0.2, 0.25) is 0 Å². The van der Waals surface area contributed by atoms with E-state index in [-0.39, 0.29) is 5.41 Å². The van der Waals surface area contributed by atoms with Crippen molar-refractivity contribution in [2.75, 3.05) is 7.05 Å². The molecular formula is C14H22N2. The maximum Gasteiger partial charge on any atom is 0.101 e. The van der Waals surface area contributed by atoms with Crippen LogP contribution in [-0.4, -0.2) is 17.8 Å². The second kappa shape index (κ2) is 4.69. The van der Waals surface area contributed by atoms with Gasteiger partial charge in [0, 0.05) is 19.0 Å². The van der Waals surface area contributed by atoms with Gasteiger partial charge in [-0.15, -0.1) is 0 Å². The first-order valence-electron chi connectivity index (χ1n) is 5.66. The van der Waals surface area contributed by atoms with E-state index in [1.54, 1.807) is 0 Å². The zero-order valence-electron chi connectivity index (χ0n) is 11.0. The highest BCUT2D eigenvalue weighted by molar-refractivity contribution is 5.83. The standard InChI is InChI=1S/C14H22N2/c1-11-6-8-12(9-7-11)10-16(5)13(15)14(2,3)4/h6-9,15H,10H2,1-5H3. The highest BCUT2D eigenvalue weighted by Crippen LogP contribution is 2.18. The molecule has 0 aromatic heterocycles. The van der Waals surface area contributed by atoms with E-state index in [0.29, 0.717) is 5.84 Å². The molecule has 2 heteroatoms. The monoisotopic (exact) mass is 218 g/mol. The zero-order chi connectivity index (χ0) is 12.3. The van der Waals surface area contributed by atoms with Crippen molar-refractivity contribution in [3.8, 4) is 0 Å². The average molecular weight is 218 g/mol. The summed E-state index contributed by atoms with van der Waals surface area (Å²) in [6.45, 7) is 9.10. The third-order valence-electron chi connectivity index (χ3n) is 2.63. The molecule has 0 fully saturated rings. The van der Waals surface area contributed by atoms with Gasteiger partial charge in [-0.3, -0.25) is 5.41 Å². The molecule has 16 heavy (non-hydrogen) atoms. The number of benzene rings is 1. The Morgan fingerprint density at radius 2 is 1.69 bits per heavy atom. The van der Waals surface area contributed by atoms with Gasteiger partial charge in [-0.25, -0.2) is 0 Å². The van der Waals surface area contributed by atoms with E-state index >= 15 is 0 Å². The van der Waals surface area contributed by atoms with Gasteiger partial charge < -0.3 is 4.90 Å². The highest BCUT2D eigenvalue weighted by Gasteiger charge is 2.20. The van der Waals surface area contributed by atoms with Crippen molar-refractivity contribution in [2.24, 2.45) is 5.41 Å². The van der Waals surface area contributed by atoms with Crippen molar-refractivity contribution < 1.29 is 0 Å². The van der Waals surface area contributed by atoms with Crippen LogP contribution in [0.4, 0.5) is 0 Å². The molecule has 88 valence electrons. The summed E-state index contributed by atoms with van der Waals surface area (Å²) in [4.78, 5) is 2.00. The summed E-state index contributed by atoms with van der Waals surface area (Å²) in [5.74, 6) is 0.674. The average Bonchev–Trinajstić information content (AvgIpc) is 2.19. The van der Waals surface area contributed by atoms with E-state index in [1.165, 1.54) is 11.1 Å². The van der Waals surface area contributed by atoms with E-state index in [1.807, 2.05) is 11.9 Å². The lowest BCUT2D eigenvalue weighted by Crippen LogP contribution is -2.35. The van der Waals surface area contributed by atoms with Gasteiger partial charge in [0.1, 0.15) is 5.84 Å². The lowest BCUT2D eigenvalue weighted by atomic mass is 9.94. The largest absolute Gasteiger partial charge is 0.359 e. The van der Waals surface area contributed by atoms with Crippen LogP contribution in [0.25, 0.3) is 0 Å². The van der Waals surface area contributed by atoms with Crippen molar-refractivity contribution in [1.29, 1.82) is 5.41 Å². The van der Waals surface area contributed by atoms with Crippen LogP contribution in [0.2, 0.25) is 0 Å². The maximum atomic E-state index is 8.06. The molecule has 1 rings (SSSR count). The summed E-state index contributed by atoms with van der Waals surface area (Å²) in [6.07, 6.45) is 0. The Morgan fingerprint density at radius 1 is 1.19 bits per heavy atom. The molecule has 0 saturated heterocycles. The Hall–Kier alpha value is -1.31. The van der Waals surface area contributed by atoms with Gasteiger partial charge in [-0.2, -0.15) is 0 Å². The number of nitrogens with one attached hydrogen (secondary N) is 1. The normalized spacial score (nSPS) is 11.3. The molecule has 1 aromatic rings. The van der Waals surface area contributed by atoms with Gasteiger partial charge in [0.25, 0.3) is 0 Å². The van der Waals surface area contributed by atoms with Gasteiger partial charge in [0.15, 0.2) is 0 Å². The Balaban J connectivity index is 2.68. The van der Waals surface area contributed by atoms with Crippen LogP contribution >= 0.6 is 0 Å². The van der Waals surface area contributed by atoms with Gasteiger partial charge in [-0.05, 0) is 12.5 Å². The Labute approximate surface area is 98.8 Å². The third-order valence-corrected chi connectivity index (χ3v) is 2.63. The van der Waals surface area contributed by atoms with Gasteiger partial charge >= 0.3 is 0 Å². The van der Waals surface area contributed by atoms with Crippen molar-refractivity contribution in [2.45, 2.75) is 34.2 Å². The van der Waals surface area contributed by atoms with Crippen molar-refractivity contribution in [1.82, 2.24) is 4.90 Å². The molecule has 0 amide bonds. The van der Waals surface area contributed by atoms with Crippen LogP contribution in [0.3, 0.4) is 0 Å². The fraction of sp³-hybridized carbons (Fsp3) is 0.500. The molecule has 0 aliphatic carbocycles. The van der Waals surface area contributed by atoms with Crippen LogP contribution in [0.1, 0.15) is 31.9 Å². The molecule has 1 aromatic carbocycles. The molecule has 0 heterocycles. The number of aryl methyl sites for hydroxylation is 1. The first kappa shape index (κ1) is 12.8. The van der Waals surface area contributed by atoms with Crippen LogP contribution in [-0.2, 0) is 6.54 Å². The SMILES string of the molecule is Cc1ccc(CN(C)C(=N)C(C)(C)C)cc1. The summed E-state index contributed by atoms with van der Waals surface area (Å²) >= 11 is 0. The summed E-state index contributed by atoms with van der Waals surface area (Å²) < 4.78 is 0. The molecular weight excluding hydrogens is 196 g/mol. The lowest BCUT2D eigenvalue weighted by Gasteiger charge is -2.29. The second-order valence-electron chi connectivity index (χ2n) is 5.44. The molecule has 0 spiro atoms. The topological polar surface area (TPSA) is 27.1 Å². The van der Waals surface area contributed by atoms with Crippen molar-refractivity contribution in [3.05, 3.63) is 35.4 Å². The molecule has 1 N–H and O–H groups in total. The lowest BCUT2D eigenvalue weighted by molar-refractivity contribution is 0.417. The summed E-state index contributed by atoms with van der Waals surface area (Å²) in [7, 11) is 1.98. The molecule has 0 aliphatic heterocycles. The molecule has 0 aliphatic rings. The zero-order valence-corrected chi connectivity index (χ0v) is 11.0. The van der Waals surface area contributed by atoms with Gasteiger partial charge in [0.05, 0.1) is 0 Å². The first-order valence-corrected chi connectivity index (χ1v) is 5.66. The van der Waals surface area contributed by atoms with Crippen LogP contribution in [0.5, 0.6) is 0 Å². The van der Waals surface area contributed by atoms with E-state index in [2.05, 4.69) is 52.0 Å². The Kier molecular flexibility index (Phi) is 3.74. The Morgan fingerprint density at radius 3 is 2.12 bits per heavy atom. The van der Waals surface area contributed by atoms with Crippen LogP contribution in [0, 0.1) is 17.7 Å². The van der Waals surface area contributed by atoms with E-state index in [9.17, 15) is 0 Å². The fourth-order valence-electron chi connectivity index (χ4n) is 1.62. The highest BCUT2D eigenvalue weighted by atomic mass is 15.1. The minimum absolute atomic E-state index is 0.0839. The maximum absolute atomic E-state index is 8.06. The molecule has 0 bridgehead atoms. The molecule has 0 atom stereocenters. The Bertz CT molecular complexity index is 357. The number of nitrogens with zero attached hydrogens (tertiary/aromatic N) is 1. The smallest absolute Gasteiger partial charge is 0.101 e. The third kappa shape index (κ3) is 3.37. The minimum atomic E-state index is -0.0839. The quantitative estimate of drug-likeness (QED) is 0.597. The first-order chi connectivity index (χ1) is 7.30. The molecule has 0 saturated carbocycles. The summed E-state index contributed by atoms with van der Waals surface area (Å²) in [5, 5.41) is 8.06. The van der Waals surface area contributed by atoms with E-state index in [0.717, 1.165) is 6.54 Å². The number of amidine groups is 1. The van der Waals surface area contributed by atoms with Crippen molar-refractivity contribution in [3.63, 3.8) is 0 Å². The van der Waals surface area contributed by atoms with Crippen LogP contribution in [0.15, 0.2) is 24.3 Å². The van der Waals surface area contributed by atoms with Crippen molar-refractivity contribution >= 4 is 5.84 Å². The fourth-order valence-corrected chi connectivity index (χ4v) is 1.62. The molecule has 2 nitrogen and oxygen atoms in total. The predicted molar refractivity (Wildman–Crippen MR) is 69.8 cm³/mol. The predicted octanol–water partition coefficient (Wildman–Crippen LogP) is 3.45. The van der Waals surface area contributed by atoms with Crippen LogP contribution < -0.4 is 0 Å². The van der Waals surface area contributed by atoms with Gasteiger partial charge in [-0.1, -0.05) is 50.6 Å².